The molecule has 0 aliphatic carbocycles. The van der Waals surface area contributed by atoms with Gasteiger partial charge in [-0.1, -0.05) is 0 Å². The Morgan fingerprint density at radius 3 is 1.63 bits per heavy atom. The maximum atomic E-state index is 15.2. The third-order valence-corrected chi connectivity index (χ3v) is 22.2. The van der Waals surface area contributed by atoms with E-state index < -0.39 is 337 Å². The molecule has 0 aromatic carbocycles. The van der Waals surface area contributed by atoms with Gasteiger partial charge in [0.2, 0.25) is 70.9 Å². The number of primary amides is 1. The van der Waals surface area contributed by atoms with Gasteiger partial charge in [0.05, 0.1) is 64.4 Å². The number of hydrogen-bond acceptors (Lipinski definition) is 38. The molecule has 17 unspecified atom stereocenters. The van der Waals surface area contributed by atoms with Crippen LogP contribution in [0.2, 0.25) is 0 Å². The summed E-state index contributed by atoms with van der Waals surface area (Å²) in [6.45, 7) is 0.103. The first-order chi connectivity index (χ1) is 57.5. The quantitative estimate of drug-likeness (QED) is 0.0277. The predicted molar refractivity (Wildman–Crippen MR) is 395 cm³/mol. The van der Waals surface area contributed by atoms with Crippen LogP contribution in [0.15, 0.2) is 0 Å². The molecule has 0 radical (unpaired) electrons. The molecule has 12 amide bonds. The van der Waals surface area contributed by atoms with Gasteiger partial charge in [0, 0.05) is 53.8 Å². The monoisotopic (exact) mass is 1760 g/mol. The molecule has 8 heterocycles. The van der Waals surface area contributed by atoms with Crippen LogP contribution in [0, 0.1) is 0 Å². The van der Waals surface area contributed by atoms with Gasteiger partial charge >= 0.3 is 5.97 Å². The molecule has 8 saturated heterocycles. The van der Waals surface area contributed by atoms with E-state index in [1.54, 1.807) is 0 Å². The SMILES string of the molecule is CC(=O)N[C@@H]1C(O[C@@H]2OC(CO)[C@H](O)C(O)[C@H]2O)[C@@H](O)C(CO[C@@H]2OC(CO)[C@H](O[C@@H]3OC(CO)[C@H](O)C(O[C@]4(C(=O)O)C[C@H](O)[C@@H](NC(C)=O)C([C@H](O)[C@H](O)CO)O4)[C@H]3O)C(O)[C@H]2NC(C)=O)O[C@H]1OC(C)C(NC(=O)C(CO)NC(=O)CNC(=O)C1CCCN1C(C)=O)C(=O)NC(C)C(=O)N1CCCC1C(=O)N1CCCC1C(=O)NC(C)C(N)=O. The van der Waals surface area contributed by atoms with Crippen molar-refractivity contribution in [2.24, 2.45) is 5.73 Å². The van der Waals surface area contributed by atoms with Crippen molar-refractivity contribution in [2.45, 2.75) is 301 Å². The number of nitrogens with one attached hydrogen (secondary N) is 8. The minimum absolute atomic E-state index is 0.0671. The molecule has 8 rings (SSSR count). The molecule has 8 fully saturated rings. The van der Waals surface area contributed by atoms with Crippen molar-refractivity contribution in [3.63, 3.8) is 0 Å². The zero-order chi connectivity index (χ0) is 90.5. The molecule has 0 aromatic rings. The molecule has 8 aliphatic rings. The highest BCUT2D eigenvalue weighted by Gasteiger charge is 2.62. The molecular weight excluding hydrogens is 1640 g/mol. The maximum absolute atomic E-state index is 15.2. The van der Waals surface area contributed by atoms with Crippen molar-refractivity contribution in [1.29, 1.82) is 0 Å². The van der Waals surface area contributed by atoms with Crippen LogP contribution in [0.3, 0.4) is 0 Å². The van der Waals surface area contributed by atoms with Crippen molar-refractivity contribution in [3.8, 4) is 0 Å². The predicted octanol–water partition coefficient (Wildman–Crippen LogP) is -16.3. The first kappa shape index (κ1) is 99.5. The van der Waals surface area contributed by atoms with Gasteiger partial charge < -0.3 is 192 Å². The second-order valence-corrected chi connectivity index (χ2v) is 31.1. The average Bonchev–Trinajstić information content (AvgIpc) is 0.800. The fourth-order valence-electron chi connectivity index (χ4n) is 15.8. The second kappa shape index (κ2) is 43.8. The number of aliphatic hydroxyl groups is 15. The lowest BCUT2D eigenvalue weighted by molar-refractivity contribution is -0.383. The van der Waals surface area contributed by atoms with E-state index in [2.05, 4.69) is 42.5 Å². The number of likely N-dealkylation sites (tertiary alicyclic amines) is 3. The van der Waals surface area contributed by atoms with Gasteiger partial charge in [-0.25, -0.2) is 4.79 Å². The number of amides is 12. The number of ether oxygens (including phenoxy) is 10. The minimum Gasteiger partial charge on any atom is -0.477 e. The number of carboxylic acid groups (broad SMARTS) is 1. The molecule has 51 nitrogen and oxygen atoms in total. The van der Waals surface area contributed by atoms with Crippen molar-refractivity contribution in [1.82, 2.24) is 57.2 Å². The molecule has 0 saturated carbocycles. The summed E-state index contributed by atoms with van der Waals surface area (Å²) in [7, 11) is 0. The third-order valence-electron chi connectivity index (χ3n) is 22.2. The topological polar surface area (TPSA) is 770 Å². The van der Waals surface area contributed by atoms with Gasteiger partial charge in [-0.05, 0) is 59.3 Å². The van der Waals surface area contributed by atoms with Crippen LogP contribution in [0.25, 0.3) is 0 Å². The number of rotatable bonds is 36. The zero-order valence-electron chi connectivity index (χ0n) is 67.5. The summed E-state index contributed by atoms with van der Waals surface area (Å²) in [5, 5.41) is 196. The summed E-state index contributed by atoms with van der Waals surface area (Å²) in [5.74, 6) is -16.3. The number of aliphatic carboxylic acids is 1. The van der Waals surface area contributed by atoms with E-state index >= 15 is 4.79 Å². The molecule has 0 bridgehead atoms. The van der Waals surface area contributed by atoms with Gasteiger partial charge in [0.1, 0.15) is 158 Å². The average molecular weight is 1760 g/mol. The highest BCUT2D eigenvalue weighted by atomic mass is 16.8. The van der Waals surface area contributed by atoms with Crippen molar-refractivity contribution in [2.75, 3.05) is 65.8 Å². The number of carboxylic acids is 1. The van der Waals surface area contributed by atoms with Gasteiger partial charge in [-0.15, -0.1) is 0 Å². The number of nitrogens with two attached hydrogens (primary N) is 1. The normalized spacial score (nSPS) is 35.9. The molecule has 0 aromatic heterocycles. The molecule has 692 valence electrons. The van der Waals surface area contributed by atoms with Gasteiger partial charge in [0.15, 0.2) is 25.2 Å². The zero-order valence-corrected chi connectivity index (χ0v) is 67.5. The standard InChI is InChI=1S/C71H114N12O39/c1-25(59(72)104)74-62(107)34-12-9-15-82(34)65(110)35-13-10-16-83(35)64(109)26(2)75-63(108)43(80-60(105)32(19-84)79-42(95)18-73-61(106)33-11-8-14-81(33)31(7)92)27(3)114-67-46(78-30(6)91)56(120-68-53(102)52(101)48(97)38(21-86)115-68)50(99)41(118-67)24-113-66-45(77-29(5)90)51(100)55(40(23-88)117-66)119-69-54(103)58(49(98)39(22-87)116-69)122-71(70(111)112)17-36(93)44(76-28(4)89)57(121-71)47(96)37(94)20-85/h25-27,32-41,43-58,66-69,84-88,93-94,96-103H,8-24H2,1-7H3,(H2,72,104)(H,73,106)(H,74,107)(H,75,108)(H,76,89)(H,77,90)(H,78,91)(H,79,95)(H,80,105)(H,111,112)/t25?,26?,27?,32?,33?,34?,35?,36-,37+,38?,39?,40?,41?,43?,44+,45+,46+,47+,48-,49-,50-,51?,52?,53+,54+,55-,56?,57?,58?,66+,67+,68-,69-,71-/m0/s1. The Balaban J connectivity index is 1.10. The summed E-state index contributed by atoms with van der Waals surface area (Å²) in [5.41, 5.74) is 5.37. The van der Waals surface area contributed by atoms with Crippen molar-refractivity contribution < 1.29 is 191 Å². The summed E-state index contributed by atoms with van der Waals surface area (Å²) in [6, 6.07) is -15.9. The van der Waals surface area contributed by atoms with Crippen LogP contribution in [-0.4, -0.2) is 446 Å². The van der Waals surface area contributed by atoms with Crippen LogP contribution >= 0.6 is 0 Å². The molecule has 34 atom stereocenters. The number of carbonyl (C=O) groups is 13. The first-order valence-electron chi connectivity index (χ1n) is 39.6. The lowest BCUT2D eigenvalue weighted by Gasteiger charge is -2.51. The summed E-state index contributed by atoms with van der Waals surface area (Å²) < 4.78 is 59.8. The van der Waals surface area contributed by atoms with Crippen molar-refractivity contribution in [3.05, 3.63) is 0 Å². The Morgan fingerprint density at radius 1 is 0.525 bits per heavy atom. The van der Waals surface area contributed by atoms with Crippen LogP contribution in [0.5, 0.6) is 0 Å². The highest BCUT2D eigenvalue weighted by molar-refractivity contribution is 5.98. The number of hydrogen-bond donors (Lipinski definition) is 25. The van der Waals surface area contributed by atoms with E-state index in [1.807, 2.05) is 0 Å². The molecule has 8 aliphatic heterocycles. The number of nitrogens with zero attached hydrogens (tertiary/aromatic N) is 3. The maximum Gasteiger partial charge on any atom is 0.364 e. The van der Waals surface area contributed by atoms with E-state index in [9.17, 15) is 139 Å². The smallest absolute Gasteiger partial charge is 0.364 e. The summed E-state index contributed by atoms with van der Waals surface area (Å²) >= 11 is 0. The van der Waals surface area contributed by atoms with E-state index in [1.165, 1.54) is 30.6 Å². The van der Waals surface area contributed by atoms with Crippen molar-refractivity contribution >= 4 is 76.9 Å². The van der Waals surface area contributed by atoms with Gasteiger partial charge in [0.25, 0.3) is 5.79 Å². The molecule has 0 spiro atoms. The lowest BCUT2D eigenvalue weighted by atomic mass is 9.88. The molecule has 26 N–H and O–H groups in total. The minimum atomic E-state index is -3.28. The van der Waals surface area contributed by atoms with Crippen LogP contribution in [-0.2, 0) is 110 Å². The summed E-state index contributed by atoms with van der Waals surface area (Å²) in [6.07, 6.45) is -49.2. The largest absolute Gasteiger partial charge is 0.477 e. The van der Waals surface area contributed by atoms with Crippen LogP contribution < -0.4 is 48.3 Å². The number of aliphatic hydroxyl groups excluding tert-OH is 15. The second-order valence-electron chi connectivity index (χ2n) is 31.1. The third kappa shape index (κ3) is 23.4. The fourth-order valence-corrected chi connectivity index (χ4v) is 15.8. The summed E-state index contributed by atoms with van der Waals surface area (Å²) in [4.78, 5) is 179. The fraction of sp³-hybridized carbons (Fsp3) is 0.817. The van der Waals surface area contributed by atoms with Gasteiger partial charge in [-0.2, -0.15) is 0 Å². The molecule has 51 heteroatoms. The molecular formula is C71H114N12O39. The van der Waals surface area contributed by atoms with E-state index in [4.69, 9.17) is 53.1 Å². The Kier molecular flexibility index (Phi) is 35.8. The molecule has 122 heavy (non-hydrogen) atoms. The van der Waals surface area contributed by atoms with E-state index in [0.29, 0.717) is 12.8 Å². The number of carbonyl (C=O) groups excluding carboxylic acids is 12. The lowest BCUT2D eigenvalue weighted by Crippen LogP contribution is -2.71. The Bertz CT molecular complexity index is 3660. The van der Waals surface area contributed by atoms with Gasteiger partial charge in [-0.3, -0.25) is 57.5 Å². The Labute approximate surface area is 695 Å². The van der Waals surface area contributed by atoms with Crippen LogP contribution in [0.1, 0.15) is 93.4 Å². The highest BCUT2D eigenvalue weighted by Crippen LogP contribution is 2.40. The van der Waals surface area contributed by atoms with E-state index in [0.717, 1.165) is 32.6 Å². The van der Waals surface area contributed by atoms with Crippen LogP contribution in [0.4, 0.5) is 0 Å². The Hall–Kier alpha value is -7.89. The van der Waals surface area contributed by atoms with E-state index in [-0.39, 0.29) is 45.3 Å². The Morgan fingerprint density at radius 2 is 1.06 bits per heavy atom. The first-order valence-corrected chi connectivity index (χ1v) is 39.6.